The van der Waals surface area contributed by atoms with E-state index >= 15 is 0 Å². The first kappa shape index (κ1) is 15.3. The maximum atomic E-state index is 14.0. The van der Waals surface area contributed by atoms with Crippen LogP contribution in [0.15, 0.2) is 36.7 Å². The van der Waals surface area contributed by atoms with Crippen molar-refractivity contribution in [1.29, 1.82) is 0 Å². The highest BCUT2D eigenvalue weighted by Crippen LogP contribution is 2.32. The molecule has 0 aliphatic heterocycles. The second-order valence-electron chi connectivity index (χ2n) is 4.50. The average Bonchev–Trinajstić information content (AvgIpc) is 2.53. The van der Waals surface area contributed by atoms with Gasteiger partial charge in [0, 0.05) is 11.8 Å². The van der Waals surface area contributed by atoms with Gasteiger partial charge < -0.3 is 14.8 Å². The van der Waals surface area contributed by atoms with Crippen molar-refractivity contribution in [3.8, 4) is 11.5 Å². The van der Waals surface area contributed by atoms with Crippen LogP contribution in [0, 0.1) is 5.82 Å². The Bertz CT molecular complexity index is 605. The summed E-state index contributed by atoms with van der Waals surface area (Å²) in [6.45, 7) is 2.69. The molecule has 112 valence electrons. The zero-order chi connectivity index (χ0) is 15.2. The van der Waals surface area contributed by atoms with Crippen LogP contribution in [-0.4, -0.2) is 25.7 Å². The molecule has 0 aliphatic rings. The van der Waals surface area contributed by atoms with Crippen LogP contribution in [0.4, 0.5) is 4.39 Å². The molecule has 0 spiro atoms. The summed E-state index contributed by atoms with van der Waals surface area (Å²) in [6, 6.07) is 6.98. The number of methoxy groups -OCH3 is 2. The van der Waals surface area contributed by atoms with Gasteiger partial charge in [-0.05, 0) is 30.3 Å². The van der Waals surface area contributed by atoms with Gasteiger partial charge in [0.1, 0.15) is 5.82 Å². The summed E-state index contributed by atoms with van der Waals surface area (Å²) in [6.07, 6.45) is 2.81. The molecule has 0 bridgehead atoms. The van der Waals surface area contributed by atoms with Crippen molar-refractivity contribution >= 4 is 0 Å². The van der Waals surface area contributed by atoms with Crippen molar-refractivity contribution < 1.29 is 13.9 Å². The smallest absolute Gasteiger partial charge is 0.161 e. The molecule has 1 heterocycles. The monoisotopic (exact) mass is 290 g/mol. The van der Waals surface area contributed by atoms with Gasteiger partial charge >= 0.3 is 0 Å². The molecule has 1 atom stereocenters. The van der Waals surface area contributed by atoms with Crippen LogP contribution in [0.5, 0.6) is 11.5 Å². The van der Waals surface area contributed by atoms with Gasteiger partial charge in [-0.15, -0.1) is 0 Å². The van der Waals surface area contributed by atoms with Gasteiger partial charge in [-0.2, -0.15) is 0 Å². The molecule has 0 amide bonds. The molecular formula is C16H19FN2O2. The first-order valence-electron chi connectivity index (χ1n) is 6.76. The van der Waals surface area contributed by atoms with E-state index in [4.69, 9.17) is 9.47 Å². The van der Waals surface area contributed by atoms with E-state index in [1.54, 1.807) is 26.5 Å². The molecule has 21 heavy (non-hydrogen) atoms. The number of aromatic nitrogens is 1. The minimum absolute atomic E-state index is 0.266. The van der Waals surface area contributed by atoms with Crippen LogP contribution in [-0.2, 0) is 0 Å². The summed E-state index contributed by atoms with van der Waals surface area (Å²) < 4.78 is 24.6. The second-order valence-corrected chi connectivity index (χ2v) is 4.50. The second kappa shape index (κ2) is 7.04. The number of hydrogen-bond acceptors (Lipinski definition) is 4. The topological polar surface area (TPSA) is 43.4 Å². The average molecular weight is 290 g/mol. The van der Waals surface area contributed by atoms with E-state index in [9.17, 15) is 4.39 Å². The highest BCUT2D eigenvalue weighted by molar-refractivity contribution is 5.45. The lowest BCUT2D eigenvalue weighted by Crippen LogP contribution is -2.23. The molecule has 2 rings (SSSR count). The minimum atomic E-state index is -0.335. The molecule has 0 saturated carbocycles. The van der Waals surface area contributed by atoms with E-state index in [1.807, 2.05) is 25.1 Å². The van der Waals surface area contributed by atoms with Gasteiger partial charge in [0.05, 0.1) is 26.5 Å². The fourth-order valence-corrected chi connectivity index (χ4v) is 2.26. The first-order chi connectivity index (χ1) is 10.2. The summed E-state index contributed by atoms with van der Waals surface area (Å²) in [5.41, 5.74) is 1.46. The van der Waals surface area contributed by atoms with E-state index in [0.717, 1.165) is 5.56 Å². The van der Waals surface area contributed by atoms with Gasteiger partial charge in [0.2, 0.25) is 0 Å². The zero-order valence-electron chi connectivity index (χ0n) is 12.4. The summed E-state index contributed by atoms with van der Waals surface area (Å²) in [5.74, 6) is 0.928. The number of pyridine rings is 1. The quantitative estimate of drug-likeness (QED) is 0.888. The Morgan fingerprint density at radius 1 is 1.19 bits per heavy atom. The van der Waals surface area contributed by atoms with Crippen molar-refractivity contribution in [2.75, 3.05) is 20.8 Å². The Morgan fingerprint density at radius 2 is 1.95 bits per heavy atom. The van der Waals surface area contributed by atoms with Crippen LogP contribution < -0.4 is 14.8 Å². The Hall–Kier alpha value is -2.14. The van der Waals surface area contributed by atoms with E-state index in [0.29, 0.717) is 23.6 Å². The van der Waals surface area contributed by atoms with Crippen molar-refractivity contribution in [2.45, 2.75) is 13.0 Å². The number of hydrogen-bond donors (Lipinski definition) is 1. The van der Waals surface area contributed by atoms with E-state index in [-0.39, 0.29) is 11.9 Å². The summed E-state index contributed by atoms with van der Waals surface area (Å²) >= 11 is 0. The SMILES string of the molecule is CCNC(c1ccc(OC)c(OC)c1)c1ccncc1F. The van der Waals surface area contributed by atoms with Gasteiger partial charge in [0.15, 0.2) is 11.5 Å². The van der Waals surface area contributed by atoms with Crippen molar-refractivity contribution in [1.82, 2.24) is 10.3 Å². The number of benzene rings is 1. The van der Waals surface area contributed by atoms with Crippen molar-refractivity contribution in [2.24, 2.45) is 0 Å². The Balaban J connectivity index is 2.46. The van der Waals surface area contributed by atoms with Crippen LogP contribution in [0.25, 0.3) is 0 Å². The number of halogens is 1. The summed E-state index contributed by atoms with van der Waals surface area (Å²) in [7, 11) is 3.17. The minimum Gasteiger partial charge on any atom is -0.493 e. The van der Waals surface area contributed by atoms with Crippen LogP contribution in [0.1, 0.15) is 24.1 Å². The third-order valence-electron chi connectivity index (χ3n) is 3.26. The maximum absolute atomic E-state index is 14.0. The van der Waals surface area contributed by atoms with Crippen molar-refractivity contribution in [3.05, 3.63) is 53.6 Å². The fraction of sp³-hybridized carbons (Fsp3) is 0.312. The molecule has 4 nitrogen and oxygen atoms in total. The van der Waals surface area contributed by atoms with Gasteiger partial charge in [-0.25, -0.2) is 4.39 Å². The highest BCUT2D eigenvalue weighted by atomic mass is 19.1. The molecule has 1 N–H and O–H groups in total. The lowest BCUT2D eigenvalue weighted by molar-refractivity contribution is 0.354. The third-order valence-corrected chi connectivity index (χ3v) is 3.26. The van der Waals surface area contributed by atoms with E-state index in [2.05, 4.69) is 10.3 Å². The molecule has 0 radical (unpaired) electrons. The standard InChI is InChI=1S/C16H19FN2O2/c1-4-19-16(12-7-8-18-10-13(12)17)11-5-6-14(20-2)15(9-11)21-3/h5-10,16,19H,4H2,1-3H3. The number of nitrogens with zero attached hydrogens (tertiary/aromatic N) is 1. The van der Waals surface area contributed by atoms with Crippen molar-refractivity contribution in [3.63, 3.8) is 0 Å². The lowest BCUT2D eigenvalue weighted by Gasteiger charge is -2.20. The molecule has 0 saturated heterocycles. The lowest BCUT2D eigenvalue weighted by atomic mass is 9.98. The number of ether oxygens (including phenoxy) is 2. The zero-order valence-corrected chi connectivity index (χ0v) is 12.4. The predicted octanol–water partition coefficient (Wildman–Crippen LogP) is 2.94. The van der Waals surface area contributed by atoms with Gasteiger partial charge in [-0.1, -0.05) is 13.0 Å². The largest absolute Gasteiger partial charge is 0.493 e. The van der Waals surface area contributed by atoms with Crippen LogP contribution >= 0.6 is 0 Å². The molecule has 1 aromatic heterocycles. The Kier molecular flexibility index (Phi) is 5.11. The molecular weight excluding hydrogens is 271 g/mol. The maximum Gasteiger partial charge on any atom is 0.161 e. The molecule has 0 fully saturated rings. The van der Waals surface area contributed by atoms with Gasteiger partial charge in [0.25, 0.3) is 0 Å². The highest BCUT2D eigenvalue weighted by Gasteiger charge is 2.18. The Morgan fingerprint density at radius 3 is 2.57 bits per heavy atom. The molecule has 1 unspecified atom stereocenters. The number of rotatable bonds is 6. The summed E-state index contributed by atoms with van der Waals surface area (Å²) in [5, 5.41) is 3.28. The molecule has 1 aromatic carbocycles. The Labute approximate surface area is 123 Å². The summed E-state index contributed by atoms with van der Waals surface area (Å²) in [4.78, 5) is 3.79. The normalized spacial score (nSPS) is 12.0. The van der Waals surface area contributed by atoms with Gasteiger partial charge in [-0.3, -0.25) is 4.98 Å². The molecule has 5 heteroatoms. The number of nitrogens with one attached hydrogen (secondary N) is 1. The molecule has 0 aliphatic carbocycles. The van der Waals surface area contributed by atoms with E-state index < -0.39 is 0 Å². The third kappa shape index (κ3) is 3.31. The van der Waals surface area contributed by atoms with Crippen LogP contribution in [0.2, 0.25) is 0 Å². The predicted molar refractivity (Wildman–Crippen MR) is 79.3 cm³/mol. The van der Waals surface area contributed by atoms with Crippen LogP contribution in [0.3, 0.4) is 0 Å². The molecule has 2 aromatic rings. The van der Waals surface area contributed by atoms with E-state index in [1.165, 1.54) is 6.20 Å². The fourth-order valence-electron chi connectivity index (χ4n) is 2.26. The first-order valence-corrected chi connectivity index (χ1v) is 6.76.